The van der Waals surface area contributed by atoms with E-state index in [9.17, 15) is 4.79 Å². The Labute approximate surface area is 135 Å². The van der Waals surface area contributed by atoms with Gasteiger partial charge >= 0.3 is 0 Å². The molecule has 2 aromatic carbocycles. The van der Waals surface area contributed by atoms with Crippen molar-refractivity contribution in [3.05, 3.63) is 62.0 Å². The van der Waals surface area contributed by atoms with Crippen LogP contribution in [0.2, 0.25) is 10.0 Å². The van der Waals surface area contributed by atoms with Gasteiger partial charge in [-0.15, -0.1) is 0 Å². The average molecular weight is 374 g/mol. The topological polar surface area (TPSA) is 55.1 Å². The van der Waals surface area contributed by atoms with E-state index in [0.717, 1.165) is 10.0 Å². The zero-order chi connectivity index (χ0) is 14.7. The maximum absolute atomic E-state index is 12.0. The van der Waals surface area contributed by atoms with Gasteiger partial charge in [0, 0.05) is 16.6 Å². The van der Waals surface area contributed by atoms with Gasteiger partial charge in [-0.2, -0.15) is 0 Å². The summed E-state index contributed by atoms with van der Waals surface area (Å²) in [6.07, 6.45) is 0. The van der Waals surface area contributed by atoms with Gasteiger partial charge < -0.3 is 11.1 Å². The van der Waals surface area contributed by atoms with Crippen molar-refractivity contribution in [2.24, 2.45) is 0 Å². The molecule has 1 amide bonds. The van der Waals surface area contributed by atoms with Crippen molar-refractivity contribution in [3.63, 3.8) is 0 Å². The standard InChI is InChI=1S/C14H11BrCl2N2O/c15-10-3-1-2-8(4-10)7-19-14(20)9-5-11(16)13(17)12(18)6-9/h1-6H,7,18H2,(H,19,20). The maximum Gasteiger partial charge on any atom is 0.251 e. The highest BCUT2D eigenvalue weighted by molar-refractivity contribution is 9.10. The van der Waals surface area contributed by atoms with Crippen LogP contribution in [-0.2, 0) is 6.54 Å². The van der Waals surface area contributed by atoms with E-state index in [-0.39, 0.29) is 21.6 Å². The second kappa shape index (κ2) is 6.48. The molecule has 0 heterocycles. The molecule has 0 atom stereocenters. The van der Waals surface area contributed by atoms with Crippen LogP contribution in [-0.4, -0.2) is 5.91 Å². The quantitative estimate of drug-likeness (QED) is 0.789. The Morgan fingerprint density at radius 2 is 2.00 bits per heavy atom. The first-order valence-corrected chi connectivity index (χ1v) is 7.29. The summed E-state index contributed by atoms with van der Waals surface area (Å²) in [7, 11) is 0. The number of nitrogens with one attached hydrogen (secondary N) is 1. The Kier molecular flexibility index (Phi) is 4.91. The van der Waals surface area contributed by atoms with Gasteiger partial charge in [-0.25, -0.2) is 0 Å². The van der Waals surface area contributed by atoms with Crippen LogP contribution in [0.1, 0.15) is 15.9 Å². The molecule has 20 heavy (non-hydrogen) atoms. The van der Waals surface area contributed by atoms with Gasteiger partial charge in [0.15, 0.2) is 0 Å². The van der Waals surface area contributed by atoms with E-state index in [1.54, 1.807) is 0 Å². The molecule has 0 unspecified atom stereocenters. The van der Waals surface area contributed by atoms with Crippen LogP contribution in [0.25, 0.3) is 0 Å². The van der Waals surface area contributed by atoms with Gasteiger partial charge in [0.05, 0.1) is 15.7 Å². The number of anilines is 1. The van der Waals surface area contributed by atoms with Crippen LogP contribution in [0.4, 0.5) is 5.69 Å². The summed E-state index contributed by atoms with van der Waals surface area (Å²) >= 11 is 15.1. The first-order chi connectivity index (χ1) is 9.47. The van der Waals surface area contributed by atoms with Crippen molar-refractivity contribution < 1.29 is 4.79 Å². The summed E-state index contributed by atoms with van der Waals surface area (Å²) in [5.74, 6) is -0.254. The molecule has 104 valence electrons. The number of carbonyl (C=O) groups excluding carboxylic acids is 1. The van der Waals surface area contributed by atoms with Crippen molar-refractivity contribution in [1.82, 2.24) is 5.32 Å². The Bertz CT molecular complexity index is 638. The number of benzene rings is 2. The summed E-state index contributed by atoms with van der Waals surface area (Å²) in [5, 5.41) is 3.32. The highest BCUT2D eigenvalue weighted by atomic mass is 79.9. The summed E-state index contributed by atoms with van der Waals surface area (Å²) in [5.41, 5.74) is 7.34. The summed E-state index contributed by atoms with van der Waals surface area (Å²) < 4.78 is 0.961. The van der Waals surface area contributed by atoms with Crippen LogP contribution in [0.5, 0.6) is 0 Å². The number of amides is 1. The van der Waals surface area contributed by atoms with E-state index in [1.807, 2.05) is 24.3 Å². The van der Waals surface area contributed by atoms with E-state index >= 15 is 0 Å². The fraction of sp³-hybridized carbons (Fsp3) is 0.0714. The van der Waals surface area contributed by atoms with Crippen molar-refractivity contribution in [1.29, 1.82) is 0 Å². The Balaban J connectivity index is 2.09. The van der Waals surface area contributed by atoms with E-state index in [1.165, 1.54) is 12.1 Å². The van der Waals surface area contributed by atoms with Crippen LogP contribution >= 0.6 is 39.1 Å². The molecule has 3 nitrogen and oxygen atoms in total. The normalized spacial score (nSPS) is 10.3. The number of halogens is 3. The molecule has 0 saturated heterocycles. The molecule has 6 heteroatoms. The Morgan fingerprint density at radius 1 is 1.25 bits per heavy atom. The van der Waals surface area contributed by atoms with E-state index in [2.05, 4.69) is 21.2 Å². The van der Waals surface area contributed by atoms with Gasteiger partial charge in [0.2, 0.25) is 0 Å². The minimum Gasteiger partial charge on any atom is -0.397 e. The molecule has 0 aliphatic heterocycles. The number of nitrogens with two attached hydrogens (primary N) is 1. The largest absolute Gasteiger partial charge is 0.397 e. The molecular weight excluding hydrogens is 363 g/mol. The first-order valence-electron chi connectivity index (χ1n) is 5.74. The Hall–Kier alpha value is -1.23. The highest BCUT2D eigenvalue weighted by Gasteiger charge is 2.11. The van der Waals surface area contributed by atoms with E-state index in [4.69, 9.17) is 28.9 Å². The van der Waals surface area contributed by atoms with Crippen molar-refractivity contribution in [2.75, 3.05) is 5.73 Å². The SMILES string of the molecule is Nc1cc(C(=O)NCc2cccc(Br)c2)cc(Cl)c1Cl. The molecule has 0 aliphatic rings. The molecule has 0 bridgehead atoms. The molecule has 2 rings (SSSR count). The fourth-order valence-electron chi connectivity index (χ4n) is 1.67. The number of carbonyl (C=O) groups is 1. The third-order valence-corrected chi connectivity index (χ3v) is 3.97. The maximum atomic E-state index is 12.0. The van der Waals surface area contributed by atoms with Crippen LogP contribution in [0.3, 0.4) is 0 Å². The van der Waals surface area contributed by atoms with Gasteiger partial charge in [0.1, 0.15) is 0 Å². The second-order valence-corrected chi connectivity index (χ2v) is 5.87. The van der Waals surface area contributed by atoms with Crippen molar-refractivity contribution >= 4 is 50.7 Å². The molecule has 2 aromatic rings. The van der Waals surface area contributed by atoms with Crippen LogP contribution in [0, 0.1) is 0 Å². The van der Waals surface area contributed by atoms with Gasteiger partial charge in [-0.1, -0.05) is 51.3 Å². The average Bonchev–Trinajstić information content (AvgIpc) is 2.41. The monoisotopic (exact) mass is 372 g/mol. The van der Waals surface area contributed by atoms with Crippen LogP contribution in [0.15, 0.2) is 40.9 Å². The minimum absolute atomic E-state index is 0.254. The molecule has 0 aromatic heterocycles. The first kappa shape index (κ1) is 15.2. The van der Waals surface area contributed by atoms with E-state index < -0.39 is 0 Å². The Morgan fingerprint density at radius 3 is 2.65 bits per heavy atom. The molecule has 0 spiro atoms. The van der Waals surface area contributed by atoms with Crippen molar-refractivity contribution in [2.45, 2.75) is 6.54 Å². The number of hydrogen-bond acceptors (Lipinski definition) is 2. The van der Waals surface area contributed by atoms with Gasteiger partial charge in [-0.05, 0) is 29.8 Å². The predicted molar refractivity (Wildman–Crippen MR) is 86.2 cm³/mol. The highest BCUT2D eigenvalue weighted by Crippen LogP contribution is 2.29. The number of hydrogen-bond donors (Lipinski definition) is 2. The zero-order valence-electron chi connectivity index (χ0n) is 10.3. The lowest BCUT2D eigenvalue weighted by Crippen LogP contribution is -2.22. The van der Waals surface area contributed by atoms with E-state index in [0.29, 0.717) is 12.1 Å². The molecule has 0 fully saturated rings. The molecule has 0 saturated carbocycles. The zero-order valence-corrected chi connectivity index (χ0v) is 13.4. The summed E-state index contributed by atoms with van der Waals surface area (Å²) in [4.78, 5) is 12.0. The number of nitrogen functional groups attached to an aromatic ring is 1. The lowest BCUT2D eigenvalue weighted by Gasteiger charge is -2.08. The lowest BCUT2D eigenvalue weighted by atomic mass is 10.1. The molecule has 0 aliphatic carbocycles. The van der Waals surface area contributed by atoms with Crippen molar-refractivity contribution in [3.8, 4) is 0 Å². The summed E-state index contributed by atoms with van der Waals surface area (Å²) in [6.45, 7) is 0.415. The van der Waals surface area contributed by atoms with Crippen LogP contribution < -0.4 is 11.1 Å². The molecule has 3 N–H and O–H groups in total. The van der Waals surface area contributed by atoms with Gasteiger partial charge in [0.25, 0.3) is 5.91 Å². The molecular formula is C14H11BrCl2N2O. The third-order valence-electron chi connectivity index (χ3n) is 2.66. The molecule has 0 radical (unpaired) electrons. The lowest BCUT2D eigenvalue weighted by molar-refractivity contribution is 0.0951. The van der Waals surface area contributed by atoms with Gasteiger partial charge in [-0.3, -0.25) is 4.79 Å². The fourth-order valence-corrected chi connectivity index (χ4v) is 2.46. The number of rotatable bonds is 3. The second-order valence-electron chi connectivity index (χ2n) is 4.17. The smallest absolute Gasteiger partial charge is 0.251 e. The predicted octanol–water partition coefficient (Wildman–Crippen LogP) is 4.27. The minimum atomic E-state index is -0.254. The third kappa shape index (κ3) is 3.66. The summed E-state index contributed by atoms with van der Waals surface area (Å²) in [6, 6.07) is 10.7.